The Morgan fingerprint density at radius 3 is 2.46 bits per heavy atom. The highest BCUT2D eigenvalue weighted by Crippen LogP contribution is 2.42. The van der Waals surface area contributed by atoms with E-state index in [0.29, 0.717) is 30.1 Å². The summed E-state index contributed by atoms with van der Waals surface area (Å²) in [6.45, 7) is 2.37. The molecule has 3 aromatic rings. The molecule has 0 unspecified atom stereocenters. The zero-order valence-corrected chi connectivity index (χ0v) is 21.6. The maximum absolute atomic E-state index is 13.6. The van der Waals surface area contributed by atoms with Gasteiger partial charge in [-0.05, 0) is 55.2 Å². The molecule has 0 aromatic heterocycles. The number of hydrogen-bond acceptors (Lipinski definition) is 4. The summed E-state index contributed by atoms with van der Waals surface area (Å²) in [6.07, 6.45) is 1.14. The number of carbonyl (C=O) groups is 2. The number of nitriles is 1. The predicted octanol–water partition coefficient (Wildman–Crippen LogP) is 5.54. The number of thioether (sulfide) groups is 1. The fourth-order valence-corrected chi connectivity index (χ4v) is 5.60. The van der Waals surface area contributed by atoms with Gasteiger partial charge < -0.3 is 5.32 Å². The van der Waals surface area contributed by atoms with Crippen LogP contribution in [0.2, 0.25) is 0 Å². The van der Waals surface area contributed by atoms with Crippen LogP contribution in [-0.4, -0.2) is 23.6 Å². The van der Waals surface area contributed by atoms with Crippen molar-refractivity contribution in [2.24, 2.45) is 0 Å². The standard InChI is InChI=1S/C28H24BrN3O2S/c1-19-10-12-23(13-11-19)32-27(34)25(17-21-8-5-9-22(29)16-21)35-28(32)24(18-30)26(33)31-15-14-20-6-3-2-4-7-20/h2-13,16,25H,14-15,17H2,1H3,(H,31,33)/b28-24-/t25-/m0/s1. The average Bonchev–Trinajstić information content (AvgIpc) is 3.16. The maximum Gasteiger partial charge on any atom is 0.264 e. The Labute approximate surface area is 218 Å². The normalized spacial score (nSPS) is 16.7. The Kier molecular flexibility index (Phi) is 8.06. The van der Waals surface area contributed by atoms with E-state index in [2.05, 4.69) is 27.3 Å². The van der Waals surface area contributed by atoms with Crippen LogP contribution in [0.25, 0.3) is 0 Å². The summed E-state index contributed by atoms with van der Waals surface area (Å²) >= 11 is 4.76. The Morgan fingerprint density at radius 1 is 1.06 bits per heavy atom. The van der Waals surface area contributed by atoms with Gasteiger partial charge in [0, 0.05) is 16.7 Å². The largest absolute Gasteiger partial charge is 0.351 e. The van der Waals surface area contributed by atoms with Gasteiger partial charge in [-0.1, -0.05) is 87.9 Å². The van der Waals surface area contributed by atoms with Gasteiger partial charge in [-0.15, -0.1) is 0 Å². The van der Waals surface area contributed by atoms with Crippen LogP contribution < -0.4 is 10.2 Å². The molecular formula is C28H24BrN3O2S. The highest BCUT2D eigenvalue weighted by molar-refractivity contribution is 9.10. The van der Waals surface area contributed by atoms with Crippen molar-refractivity contribution >= 4 is 45.2 Å². The van der Waals surface area contributed by atoms with Crippen LogP contribution in [0.15, 0.2) is 93.9 Å². The Balaban J connectivity index is 1.62. The van der Waals surface area contributed by atoms with Gasteiger partial charge in [0.1, 0.15) is 16.7 Å². The van der Waals surface area contributed by atoms with Gasteiger partial charge in [0.05, 0.1) is 5.25 Å². The van der Waals surface area contributed by atoms with Crippen LogP contribution in [0, 0.1) is 18.3 Å². The van der Waals surface area contributed by atoms with Gasteiger partial charge in [-0.25, -0.2) is 0 Å². The number of hydrogen-bond donors (Lipinski definition) is 1. The second-order valence-corrected chi connectivity index (χ2v) is 10.3. The molecule has 0 saturated carbocycles. The molecule has 176 valence electrons. The molecule has 0 spiro atoms. The van der Waals surface area contributed by atoms with Crippen LogP contribution >= 0.6 is 27.7 Å². The number of nitrogens with zero attached hydrogens (tertiary/aromatic N) is 2. The molecule has 1 aliphatic heterocycles. The lowest BCUT2D eigenvalue weighted by Gasteiger charge is -2.19. The van der Waals surface area contributed by atoms with Gasteiger partial charge in [0.25, 0.3) is 5.91 Å². The summed E-state index contributed by atoms with van der Waals surface area (Å²) in [5.41, 5.74) is 3.75. The van der Waals surface area contributed by atoms with Crippen LogP contribution in [0.4, 0.5) is 5.69 Å². The van der Waals surface area contributed by atoms with E-state index in [1.54, 1.807) is 0 Å². The highest BCUT2D eigenvalue weighted by Gasteiger charge is 2.40. The van der Waals surface area contributed by atoms with Gasteiger partial charge in [-0.2, -0.15) is 5.26 Å². The smallest absolute Gasteiger partial charge is 0.264 e. The van der Waals surface area contributed by atoms with Crippen molar-refractivity contribution in [3.8, 4) is 6.07 Å². The summed E-state index contributed by atoms with van der Waals surface area (Å²) < 4.78 is 0.937. The fourth-order valence-electron chi connectivity index (χ4n) is 3.85. The zero-order valence-electron chi connectivity index (χ0n) is 19.2. The molecule has 4 rings (SSSR count). The van der Waals surface area contributed by atoms with Crippen molar-refractivity contribution in [1.82, 2.24) is 5.32 Å². The van der Waals surface area contributed by atoms with Crippen molar-refractivity contribution in [2.45, 2.75) is 25.0 Å². The monoisotopic (exact) mass is 545 g/mol. The van der Waals surface area contributed by atoms with E-state index in [1.807, 2.05) is 85.8 Å². The third kappa shape index (κ3) is 6.02. The molecule has 0 bridgehead atoms. The van der Waals surface area contributed by atoms with Gasteiger partial charge in [0.2, 0.25) is 5.91 Å². The first-order chi connectivity index (χ1) is 17.0. The molecule has 35 heavy (non-hydrogen) atoms. The minimum atomic E-state index is -0.473. The minimum Gasteiger partial charge on any atom is -0.351 e. The number of halogens is 1. The van der Waals surface area contributed by atoms with Crippen LogP contribution in [0.3, 0.4) is 0 Å². The van der Waals surface area contributed by atoms with Crippen molar-refractivity contribution in [3.05, 3.63) is 111 Å². The van der Waals surface area contributed by atoms with Gasteiger partial charge in [-0.3, -0.25) is 14.5 Å². The van der Waals surface area contributed by atoms with Crippen LogP contribution in [0.5, 0.6) is 0 Å². The van der Waals surface area contributed by atoms with E-state index in [0.717, 1.165) is 21.2 Å². The van der Waals surface area contributed by atoms with Crippen LogP contribution in [-0.2, 0) is 22.4 Å². The summed E-state index contributed by atoms with van der Waals surface area (Å²) in [7, 11) is 0. The number of carbonyl (C=O) groups excluding carboxylic acids is 2. The van der Waals surface area contributed by atoms with Crippen molar-refractivity contribution in [2.75, 3.05) is 11.4 Å². The SMILES string of the molecule is Cc1ccc(N2C(=O)[C@H](Cc3cccc(Br)c3)S/C2=C(/C#N)C(=O)NCCc2ccccc2)cc1. The molecule has 3 aromatic carbocycles. The number of benzene rings is 3. The third-order valence-corrected chi connectivity index (χ3v) is 7.41. The average molecular weight is 546 g/mol. The highest BCUT2D eigenvalue weighted by atomic mass is 79.9. The van der Waals surface area contributed by atoms with E-state index >= 15 is 0 Å². The number of rotatable bonds is 7. The molecule has 2 amide bonds. The van der Waals surface area contributed by atoms with E-state index in [4.69, 9.17) is 0 Å². The number of anilines is 1. The van der Waals surface area contributed by atoms with Crippen molar-refractivity contribution in [3.63, 3.8) is 0 Å². The quantitative estimate of drug-likeness (QED) is 0.312. The second-order valence-electron chi connectivity index (χ2n) is 8.23. The number of aryl methyl sites for hydroxylation is 1. The molecular weight excluding hydrogens is 522 g/mol. The summed E-state index contributed by atoms with van der Waals surface area (Å²) in [4.78, 5) is 28.1. The first-order valence-corrected chi connectivity index (χ1v) is 12.9. The zero-order chi connectivity index (χ0) is 24.8. The van der Waals surface area contributed by atoms with Gasteiger partial charge in [0.15, 0.2) is 0 Å². The summed E-state index contributed by atoms with van der Waals surface area (Å²) in [6, 6.07) is 27.2. The fraction of sp³-hybridized carbons (Fsp3) is 0.179. The second kappa shape index (κ2) is 11.4. The molecule has 1 aliphatic rings. The molecule has 0 radical (unpaired) electrons. The van der Waals surface area contributed by atoms with E-state index in [1.165, 1.54) is 16.7 Å². The summed E-state index contributed by atoms with van der Waals surface area (Å²) in [5, 5.41) is 12.7. The molecule has 1 saturated heterocycles. The molecule has 1 N–H and O–H groups in total. The maximum atomic E-state index is 13.6. The van der Waals surface area contributed by atoms with Crippen molar-refractivity contribution in [1.29, 1.82) is 5.26 Å². The Bertz CT molecular complexity index is 1300. The Morgan fingerprint density at radius 2 is 1.77 bits per heavy atom. The summed E-state index contributed by atoms with van der Waals surface area (Å²) in [5.74, 6) is -0.613. The Hall–Kier alpha value is -3.34. The molecule has 1 atom stereocenters. The van der Waals surface area contributed by atoms with Gasteiger partial charge >= 0.3 is 0 Å². The topological polar surface area (TPSA) is 73.2 Å². The van der Waals surface area contributed by atoms with Crippen molar-refractivity contribution < 1.29 is 9.59 Å². The van der Waals surface area contributed by atoms with Crippen LogP contribution in [0.1, 0.15) is 16.7 Å². The molecule has 5 nitrogen and oxygen atoms in total. The lowest BCUT2D eigenvalue weighted by Crippen LogP contribution is -2.32. The first kappa shape index (κ1) is 24.8. The first-order valence-electron chi connectivity index (χ1n) is 11.2. The number of amides is 2. The lowest BCUT2D eigenvalue weighted by atomic mass is 10.1. The molecule has 1 heterocycles. The van der Waals surface area contributed by atoms with E-state index in [-0.39, 0.29) is 11.5 Å². The number of nitrogens with one attached hydrogen (secondary N) is 1. The third-order valence-electron chi connectivity index (χ3n) is 5.65. The minimum absolute atomic E-state index is 0.0475. The van der Waals surface area contributed by atoms with E-state index < -0.39 is 11.2 Å². The molecule has 7 heteroatoms. The lowest BCUT2D eigenvalue weighted by molar-refractivity contribution is -0.117. The molecule has 1 fully saturated rings. The predicted molar refractivity (Wildman–Crippen MR) is 144 cm³/mol. The molecule has 0 aliphatic carbocycles. The van der Waals surface area contributed by atoms with E-state index in [9.17, 15) is 14.9 Å².